The smallest absolute Gasteiger partial charge is 0.309 e. The number of carbonyl (C=O) groups excluding carboxylic acids is 1. The summed E-state index contributed by atoms with van der Waals surface area (Å²) >= 11 is 0. The molecule has 0 spiro atoms. The van der Waals surface area contributed by atoms with Gasteiger partial charge in [0.2, 0.25) is 0 Å². The molecule has 1 fully saturated rings. The first-order valence-corrected chi connectivity index (χ1v) is 5.84. The second-order valence-corrected chi connectivity index (χ2v) is 4.79. The van der Waals surface area contributed by atoms with E-state index in [2.05, 4.69) is 9.73 Å². The summed E-state index contributed by atoms with van der Waals surface area (Å²) < 4.78 is 37.2. The van der Waals surface area contributed by atoms with Crippen LogP contribution in [0.5, 0.6) is 0 Å². The third-order valence-electron chi connectivity index (χ3n) is 3.59. The first kappa shape index (κ1) is 13.0. The van der Waals surface area contributed by atoms with Gasteiger partial charge in [-0.1, -0.05) is 0 Å². The Balaban J connectivity index is 2.17. The second-order valence-electron chi connectivity index (χ2n) is 4.79. The van der Waals surface area contributed by atoms with Crippen molar-refractivity contribution in [3.8, 4) is 0 Å². The maximum atomic E-state index is 13.9. The predicted octanol–water partition coefficient (Wildman–Crippen LogP) is 0.925. The summed E-state index contributed by atoms with van der Waals surface area (Å²) in [5.41, 5.74) is 3.67. The highest BCUT2D eigenvalue weighted by Crippen LogP contribution is 2.55. The number of nitrogens with zero attached hydrogens (tertiary/aromatic N) is 1. The SMILES string of the molecule is CCOC(=O)[C@@H]1C[C@H]1[C@@]1(C)N=C(N)OCC1(F)F. The minimum absolute atomic E-state index is 0.240. The van der Waals surface area contributed by atoms with Crippen molar-refractivity contribution in [1.29, 1.82) is 0 Å². The van der Waals surface area contributed by atoms with Gasteiger partial charge in [-0.05, 0) is 20.3 Å². The van der Waals surface area contributed by atoms with Gasteiger partial charge < -0.3 is 15.2 Å². The summed E-state index contributed by atoms with van der Waals surface area (Å²) in [4.78, 5) is 15.3. The average Bonchev–Trinajstić information content (AvgIpc) is 3.05. The highest BCUT2D eigenvalue weighted by atomic mass is 19.3. The molecule has 2 aliphatic rings. The Morgan fingerprint density at radius 1 is 1.67 bits per heavy atom. The van der Waals surface area contributed by atoms with Gasteiger partial charge in [-0.2, -0.15) is 0 Å². The van der Waals surface area contributed by atoms with E-state index >= 15 is 0 Å². The molecule has 0 aromatic heterocycles. The van der Waals surface area contributed by atoms with E-state index in [-0.39, 0.29) is 12.6 Å². The van der Waals surface area contributed by atoms with Gasteiger partial charge in [0.1, 0.15) is 5.54 Å². The summed E-state index contributed by atoms with van der Waals surface area (Å²) in [6.45, 7) is 2.43. The van der Waals surface area contributed by atoms with E-state index in [4.69, 9.17) is 10.5 Å². The standard InChI is InChI=1S/C11H16F2N2O3/c1-3-17-8(16)6-4-7(6)10(2)11(12,13)5-18-9(14)15-10/h6-7H,3-5H2,1-2H3,(H2,14,15)/t6-,7-,10-/m1/s1. The quantitative estimate of drug-likeness (QED) is 0.768. The summed E-state index contributed by atoms with van der Waals surface area (Å²) in [5, 5.41) is 0. The van der Waals surface area contributed by atoms with Crippen molar-refractivity contribution < 1.29 is 23.0 Å². The summed E-state index contributed by atoms with van der Waals surface area (Å²) in [6.07, 6.45) is 0.349. The van der Waals surface area contributed by atoms with Crippen LogP contribution in [0.3, 0.4) is 0 Å². The van der Waals surface area contributed by atoms with Crippen molar-refractivity contribution in [2.75, 3.05) is 13.2 Å². The molecule has 0 amide bonds. The number of ether oxygens (including phenoxy) is 2. The average molecular weight is 262 g/mol. The van der Waals surface area contributed by atoms with E-state index < -0.39 is 35.9 Å². The van der Waals surface area contributed by atoms with Crippen LogP contribution < -0.4 is 5.73 Å². The van der Waals surface area contributed by atoms with Crippen LogP contribution >= 0.6 is 0 Å². The van der Waals surface area contributed by atoms with E-state index in [0.717, 1.165) is 0 Å². The molecule has 0 aromatic rings. The van der Waals surface area contributed by atoms with Gasteiger partial charge in [-0.25, -0.2) is 13.8 Å². The monoisotopic (exact) mass is 262 g/mol. The van der Waals surface area contributed by atoms with Crippen LogP contribution in [0.25, 0.3) is 0 Å². The molecular formula is C11H16F2N2O3. The number of aliphatic imine (C=N–C) groups is 1. The van der Waals surface area contributed by atoms with Gasteiger partial charge in [0.15, 0.2) is 6.61 Å². The van der Waals surface area contributed by atoms with E-state index in [1.165, 1.54) is 6.92 Å². The lowest BCUT2D eigenvalue weighted by atomic mass is 9.87. The molecule has 7 heteroatoms. The molecule has 2 rings (SSSR count). The van der Waals surface area contributed by atoms with Gasteiger partial charge in [-0.15, -0.1) is 0 Å². The highest BCUT2D eigenvalue weighted by molar-refractivity contribution is 5.77. The van der Waals surface area contributed by atoms with Crippen LogP contribution in [0.2, 0.25) is 0 Å². The number of rotatable bonds is 3. The topological polar surface area (TPSA) is 73.9 Å². The van der Waals surface area contributed by atoms with E-state index in [1.807, 2.05) is 0 Å². The van der Waals surface area contributed by atoms with Crippen LogP contribution in [-0.2, 0) is 14.3 Å². The molecule has 1 saturated carbocycles. The molecule has 0 bridgehead atoms. The molecule has 0 saturated heterocycles. The number of hydrogen-bond donors (Lipinski definition) is 1. The van der Waals surface area contributed by atoms with Gasteiger partial charge in [0.05, 0.1) is 12.5 Å². The number of nitrogens with two attached hydrogens (primary N) is 1. The minimum atomic E-state index is -3.14. The van der Waals surface area contributed by atoms with Gasteiger partial charge in [0.25, 0.3) is 6.02 Å². The van der Waals surface area contributed by atoms with E-state index in [1.54, 1.807) is 6.92 Å². The Bertz CT molecular complexity index is 400. The molecule has 3 atom stereocenters. The Kier molecular flexibility index (Phi) is 2.95. The van der Waals surface area contributed by atoms with Crippen molar-refractivity contribution >= 4 is 12.0 Å². The van der Waals surface area contributed by atoms with Crippen molar-refractivity contribution in [1.82, 2.24) is 0 Å². The Labute approximate surface area is 103 Å². The summed E-state index contributed by atoms with van der Waals surface area (Å²) in [7, 11) is 0. The van der Waals surface area contributed by atoms with E-state index in [0.29, 0.717) is 6.42 Å². The van der Waals surface area contributed by atoms with Crippen LogP contribution in [-0.4, -0.2) is 36.7 Å². The maximum absolute atomic E-state index is 13.9. The van der Waals surface area contributed by atoms with E-state index in [9.17, 15) is 13.6 Å². The van der Waals surface area contributed by atoms with Crippen molar-refractivity contribution in [3.05, 3.63) is 0 Å². The first-order chi connectivity index (χ1) is 8.32. The fraction of sp³-hybridized carbons (Fsp3) is 0.818. The zero-order valence-electron chi connectivity index (χ0n) is 10.3. The molecule has 102 valence electrons. The van der Waals surface area contributed by atoms with Gasteiger partial charge >= 0.3 is 11.9 Å². The van der Waals surface area contributed by atoms with Crippen LogP contribution in [0, 0.1) is 11.8 Å². The number of halogens is 2. The second kappa shape index (κ2) is 4.07. The van der Waals surface area contributed by atoms with Gasteiger partial charge in [0, 0.05) is 5.92 Å². The fourth-order valence-electron chi connectivity index (χ4n) is 2.33. The zero-order chi connectivity index (χ0) is 13.6. The molecule has 2 N–H and O–H groups in total. The lowest BCUT2D eigenvalue weighted by Crippen LogP contribution is -2.55. The number of carbonyl (C=O) groups is 1. The van der Waals surface area contributed by atoms with Crippen LogP contribution in [0.1, 0.15) is 20.3 Å². The molecule has 0 radical (unpaired) electrons. The Morgan fingerprint density at radius 2 is 2.33 bits per heavy atom. The molecule has 0 aromatic carbocycles. The lowest BCUT2D eigenvalue weighted by molar-refractivity contribution is -0.147. The maximum Gasteiger partial charge on any atom is 0.309 e. The molecule has 0 unspecified atom stereocenters. The zero-order valence-corrected chi connectivity index (χ0v) is 10.3. The van der Waals surface area contributed by atoms with Crippen LogP contribution in [0.15, 0.2) is 4.99 Å². The number of esters is 1. The Hall–Kier alpha value is -1.40. The third-order valence-corrected chi connectivity index (χ3v) is 3.59. The van der Waals surface area contributed by atoms with Gasteiger partial charge in [-0.3, -0.25) is 4.79 Å². The first-order valence-electron chi connectivity index (χ1n) is 5.84. The largest absolute Gasteiger partial charge is 0.466 e. The predicted molar refractivity (Wildman–Crippen MR) is 59.2 cm³/mol. The number of amidine groups is 1. The molecule has 18 heavy (non-hydrogen) atoms. The third kappa shape index (κ3) is 1.91. The fourth-order valence-corrected chi connectivity index (χ4v) is 2.33. The summed E-state index contributed by atoms with van der Waals surface area (Å²) in [5.74, 6) is -4.65. The Morgan fingerprint density at radius 3 is 2.94 bits per heavy atom. The lowest BCUT2D eigenvalue weighted by Gasteiger charge is -2.37. The molecule has 1 heterocycles. The molecule has 1 aliphatic heterocycles. The minimum Gasteiger partial charge on any atom is -0.466 e. The normalized spacial score (nSPS) is 37.4. The number of hydrogen-bond acceptors (Lipinski definition) is 5. The molecular weight excluding hydrogens is 246 g/mol. The van der Waals surface area contributed by atoms with Crippen molar-refractivity contribution in [2.45, 2.75) is 31.7 Å². The molecule has 5 nitrogen and oxygen atoms in total. The van der Waals surface area contributed by atoms with Crippen molar-refractivity contribution in [2.24, 2.45) is 22.6 Å². The highest BCUT2D eigenvalue weighted by Gasteiger charge is 2.66. The molecule has 1 aliphatic carbocycles. The summed E-state index contributed by atoms with van der Waals surface area (Å²) in [6, 6.07) is -0.252. The number of alkyl halides is 2. The van der Waals surface area contributed by atoms with Crippen LogP contribution in [0.4, 0.5) is 8.78 Å². The van der Waals surface area contributed by atoms with Crippen molar-refractivity contribution in [3.63, 3.8) is 0 Å².